The second-order valence-corrected chi connectivity index (χ2v) is 6.72. The Balaban J connectivity index is 0.00000450. The summed E-state index contributed by atoms with van der Waals surface area (Å²) in [6.07, 6.45) is 3.71. The van der Waals surface area contributed by atoms with Crippen molar-refractivity contribution in [3.63, 3.8) is 0 Å². The summed E-state index contributed by atoms with van der Waals surface area (Å²) < 4.78 is 37.9. The third-order valence-corrected chi connectivity index (χ3v) is 4.01. The maximum absolute atomic E-state index is 12.8. The summed E-state index contributed by atoms with van der Waals surface area (Å²) >= 11 is 0. The van der Waals surface area contributed by atoms with Gasteiger partial charge in [-0.1, -0.05) is 26.0 Å². The number of para-hydroxylation sites is 1. The molecule has 1 aromatic carbocycles. The Morgan fingerprint density at radius 2 is 1.97 bits per heavy atom. The van der Waals surface area contributed by atoms with Crippen molar-refractivity contribution in [1.82, 2.24) is 20.2 Å². The van der Waals surface area contributed by atoms with Crippen LogP contribution >= 0.6 is 24.0 Å². The number of imidazole rings is 1. The Morgan fingerprint density at radius 1 is 1.23 bits per heavy atom. The molecule has 0 fully saturated rings. The van der Waals surface area contributed by atoms with Crippen molar-refractivity contribution in [2.45, 2.75) is 47.0 Å². The van der Waals surface area contributed by atoms with Crippen LogP contribution in [0.1, 0.15) is 32.2 Å². The minimum Gasteiger partial charge on any atom is -0.490 e. The molecular weight excluding hydrogens is 507 g/mol. The molecule has 7 nitrogen and oxygen atoms in total. The van der Waals surface area contributed by atoms with E-state index in [0.717, 1.165) is 12.4 Å². The normalized spacial score (nSPS) is 11.4. The molecule has 0 bridgehead atoms. The van der Waals surface area contributed by atoms with E-state index in [0.29, 0.717) is 30.6 Å². The summed E-state index contributed by atoms with van der Waals surface area (Å²) in [5.74, 6) is 2.23. The third-order valence-electron chi connectivity index (χ3n) is 4.01. The highest BCUT2D eigenvalue weighted by molar-refractivity contribution is 14.0. The zero-order valence-electron chi connectivity index (χ0n) is 17.7. The minimum atomic E-state index is -2.94. The van der Waals surface area contributed by atoms with E-state index >= 15 is 0 Å². The average molecular weight is 537 g/mol. The predicted molar refractivity (Wildman–Crippen MR) is 124 cm³/mol. The number of nitrogens with one attached hydrogen (secondary N) is 2. The highest BCUT2D eigenvalue weighted by Gasteiger charge is 2.16. The smallest absolute Gasteiger partial charge is 0.387 e. The first kappa shape index (κ1) is 25.9. The number of hydrogen-bond donors (Lipinski definition) is 2. The molecular formula is C20H30F2IN5O2. The molecule has 0 aliphatic rings. The number of aliphatic imine (C=N–C) groups is 1. The lowest BCUT2D eigenvalue weighted by Crippen LogP contribution is -2.37. The van der Waals surface area contributed by atoms with Gasteiger partial charge in [0.05, 0.1) is 13.2 Å². The molecule has 1 aromatic heterocycles. The van der Waals surface area contributed by atoms with Crippen LogP contribution in [0.3, 0.4) is 0 Å². The molecule has 0 spiro atoms. The Morgan fingerprint density at radius 3 is 2.60 bits per heavy atom. The molecule has 168 valence electrons. The molecule has 0 radical (unpaired) electrons. The molecule has 0 unspecified atom stereocenters. The molecule has 2 rings (SSSR count). The van der Waals surface area contributed by atoms with E-state index in [4.69, 9.17) is 9.47 Å². The molecule has 0 amide bonds. The topological polar surface area (TPSA) is 72.7 Å². The molecule has 10 heteroatoms. The molecule has 2 aromatic rings. The third kappa shape index (κ3) is 7.96. The molecule has 2 N–H and O–H groups in total. The van der Waals surface area contributed by atoms with Crippen LogP contribution in [0.4, 0.5) is 8.78 Å². The van der Waals surface area contributed by atoms with E-state index in [-0.39, 0.29) is 42.0 Å². The van der Waals surface area contributed by atoms with Crippen molar-refractivity contribution < 1.29 is 18.3 Å². The number of aromatic nitrogens is 2. The van der Waals surface area contributed by atoms with Gasteiger partial charge in [-0.25, -0.2) is 4.98 Å². The minimum absolute atomic E-state index is 0. The molecule has 0 saturated heterocycles. The van der Waals surface area contributed by atoms with Gasteiger partial charge in [-0.15, -0.1) is 24.0 Å². The van der Waals surface area contributed by atoms with Gasteiger partial charge in [0, 0.05) is 38.1 Å². The van der Waals surface area contributed by atoms with Gasteiger partial charge in [0.1, 0.15) is 5.82 Å². The van der Waals surface area contributed by atoms with Gasteiger partial charge >= 0.3 is 6.61 Å². The highest BCUT2D eigenvalue weighted by Crippen LogP contribution is 2.32. The Bertz CT molecular complexity index is 799. The summed E-state index contributed by atoms with van der Waals surface area (Å²) in [6.45, 7) is 5.09. The summed E-state index contributed by atoms with van der Waals surface area (Å²) in [5.41, 5.74) is 0.542. The van der Waals surface area contributed by atoms with E-state index in [1.807, 2.05) is 6.20 Å². The summed E-state index contributed by atoms with van der Waals surface area (Å²) in [7, 11) is 1.64. The number of nitrogens with zero attached hydrogens (tertiary/aromatic N) is 3. The van der Waals surface area contributed by atoms with E-state index in [9.17, 15) is 8.78 Å². The van der Waals surface area contributed by atoms with Crippen molar-refractivity contribution >= 4 is 29.9 Å². The van der Waals surface area contributed by atoms with E-state index in [1.165, 1.54) is 0 Å². The number of hydrogen-bond acceptors (Lipinski definition) is 4. The fourth-order valence-electron chi connectivity index (χ4n) is 2.82. The van der Waals surface area contributed by atoms with Gasteiger partial charge in [-0.05, 0) is 18.9 Å². The van der Waals surface area contributed by atoms with E-state index in [1.54, 1.807) is 38.4 Å². The number of ether oxygens (including phenoxy) is 2. The molecule has 0 atom stereocenters. The monoisotopic (exact) mass is 537 g/mol. The second kappa shape index (κ2) is 13.2. The van der Waals surface area contributed by atoms with Crippen LogP contribution in [-0.2, 0) is 19.6 Å². The quantitative estimate of drug-likeness (QED) is 0.272. The zero-order chi connectivity index (χ0) is 21.2. The second-order valence-electron chi connectivity index (χ2n) is 6.72. The number of halogens is 3. The maximum Gasteiger partial charge on any atom is 0.387 e. The van der Waals surface area contributed by atoms with Crippen LogP contribution in [0, 0.1) is 5.92 Å². The molecule has 30 heavy (non-hydrogen) atoms. The van der Waals surface area contributed by atoms with Crippen molar-refractivity contribution in [2.75, 3.05) is 13.7 Å². The number of rotatable bonds is 10. The zero-order valence-corrected chi connectivity index (χ0v) is 20.0. The molecule has 0 aliphatic carbocycles. The van der Waals surface area contributed by atoms with Crippen LogP contribution < -0.4 is 20.1 Å². The highest BCUT2D eigenvalue weighted by atomic mass is 127. The molecule has 0 aliphatic heterocycles. The standard InChI is InChI=1S/C20H29F2N5O2.HI/c1-5-28-16-8-6-7-15(18(16)29-19(21)22)11-25-20(23-4)26-12-17-24-9-10-27(17)13-14(2)3;/h6-10,14,19H,5,11-13H2,1-4H3,(H2,23,25,26);1H. The fourth-order valence-corrected chi connectivity index (χ4v) is 2.82. The Hall–Kier alpha value is -2.11. The lowest BCUT2D eigenvalue weighted by atomic mass is 10.2. The van der Waals surface area contributed by atoms with Gasteiger partial charge in [-0.2, -0.15) is 8.78 Å². The lowest BCUT2D eigenvalue weighted by molar-refractivity contribution is -0.0520. The first-order chi connectivity index (χ1) is 13.9. The lowest BCUT2D eigenvalue weighted by Gasteiger charge is -2.17. The van der Waals surface area contributed by atoms with Crippen LogP contribution in [0.25, 0.3) is 0 Å². The first-order valence-corrected chi connectivity index (χ1v) is 9.58. The number of guanidine groups is 1. The largest absolute Gasteiger partial charge is 0.490 e. The van der Waals surface area contributed by atoms with E-state index in [2.05, 4.69) is 39.0 Å². The number of alkyl halides is 2. The molecule has 0 saturated carbocycles. The Kier molecular flexibility index (Phi) is 11.4. The van der Waals surface area contributed by atoms with Crippen molar-refractivity contribution in [1.29, 1.82) is 0 Å². The van der Waals surface area contributed by atoms with Crippen LogP contribution in [-0.4, -0.2) is 35.8 Å². The van der Waals surface area contributed by atoms with Gasteiger partial charge in [0.25, 0.3) is 0 Å². The van der Waals surface area contributed by atoms with Crippen molar-refractivity contribution in [2.24, 2.45) is 10.9 Å². The number of benzene rings is 1. The molecule has 1 heterocycles. The summed E-state index contributed by atoms with van der Waals surface area (Å²) in [6, 6.07) is 5.04. The van der Waals surface area contributed by atoms with Crippen LogP contribution in [0.15, 0.2) is 35.6 Å². The van der Waals surface area contributed by atoms with Crippen molar-refractivity contribution in [3.8, 4) is 11.5 Å². The van der Waals surface area contributed by atoms with Crippen molar-refractivity contribution in [3.05, 3.63) is 42.0 Å². The first-order valence-electron chi connectivity index (χ1n) is 9.58. The predicted octanol–water partition coefficient (Wildman–Crippen LogP) is 4.02. The maximum atomic E-state index is 12.8. The van der Waals surface area contributed by atoms with Crippen LogP contribution in [0.5, 0.6) is 11.5 Å². The van der Waals surface area contributed by atoms with Gasteiger partial charge in [0.2, 0.25) is 0 Å². The van der Waals surface area contributed by atoms with E-state index < -0.39 is 6.61 Å². The van der Waals surface area contributed by atoms with Gasteiger partial charge < -0.3 is 24.7 Å². The van der Waals surface area contributed by atoms with Gasteiger partial charge in [-0.3, -0.25) is 4.99 Å². The Labute approximate surface area is 193 Å². The SMILES string of the molecule is CCOc1cccc(CNC(=NC)NCc2nccn2CC(C)C)c1OC(F)F.I. The van der Waals surface area contributed by atoms with Gasteiger partial charge in [0.15, 0.2) is 17.5 Å². The van der Waals surface area contributed by atoms with Crippen LogP contribution in [0.2, 0.25) is 0 Å². The fraction of sp³-hybridized carbons (Fsp3) is 0.500. The summed E-state index contributed by atoms with van der Waals surface area (Å²) in [5, 5.41) is 6.30. The summed E-state index contributed by atoms with van der Waals surface area (Å²) in [4.78, 5) is 8.55. The average Bonchev–Trinajstić information content (AvgIpc) is 3.10.